The van der Waals surface area contributed by atoms with Gasteiger partial charge >= 0.3 is 11.9 Å². The molecule has 0 aliphatic heterocycles. The van der Waals surface area contributed by atoms with E-state index in [9.17, 15) is 9.59 Å². The van der Waals surface area contributed by atoms with Crippen LogP contribution < -0.4 is 9.47 Å². The monoisotopic (exact) mass is 464 g/mol. The lowest BCUT2D eigenvalue weighted by Gasteiger charge is -2.09. The van der Waals surface area contributed by atoms with Crippen molar-refractivity contribution in [2.45, 2.75) is 27.2 Å². The van der Waals surface area contributed by atoms with Crippen molar-refractivity contribution in [3.63, 3.8) is 0 Å². The van der Waals surface area contributed by atoms with E-state index in [1.165, 1.54) is 0 Å². The predicted molar refractivity (Wildman–Crippen MR) is 133 cm³/mol. The number of hydrogen-bond donors (Lipinski definition) is 0. The standard InChI is InChI=1S/C28H32O6/c1-20(2)27(29)33-18-16-31-25-12-8-23(9-13-25)7-6-22(5)24-10-14-26(15-11-24)32-17-19-34-28(30)21(3)4/h6,8-15H,1,3,7,16-19H2,2,4-5H3/b22-6+. The molecule has 2 aromatic carbocycles. The molecule has 0 radical (unpaired) electrons. The van der Waals surface area contributed by atoms with Crippen molar-refractivity contribution in [2.75, 3.05) is 26.4 Å². The summed E-state index contributed by atoms with van der Waals surface area (Å²) >= 11 is 0. The molecule has 0 fully saturated rings. The largest absolute Gasteiger partial charge is 0.490 e. The van der Waals surface area contributed by atoms with Gasteiger partial charge in [-0.25, -0.2) is 9.59 Å². The smallest absolute Gasteiger partial charge is 0.333 e. The lowest BCUT2D eigenvalue weighted by Crippen LogP contribution is -2.12. The second-order valence-electron chi connectivity index (χ2n) is 7.79. The maximum atomic E-state index is 11.3. The number of ether oxygens (including phenoxy) is 4. The van der Waals surface area contributed by atoms with Crippen LogP contribution in [0.25, 0.3) is 5.57 Å². The van der Waals surface area contributed by atoms with Crippen molar-refractivity contribution < 1.29 is 28.5 Å². The van der Waals surface area contributed by atoms with Gasteiger partial charge in [-0.3, -0.25) is 0 Å². The van der Waals surface area contributed by atoms with E-state index >= 15 is 0 Å². The first-order valence-corrected chi connectivity index (χ1v) is 11.0. The maximum absolute atomic E-state index is 11.3. The Balaban J connectivity index is 1.76. The van der Waals surface area contributed by atoms with Crippen LogP contribution in [-0.2, 0) is 25.5 Å². The van der Waals surface area contributed by atoms with Crippen LogP contribution in [0.5, 0.6) is 11.5 Å². The topological polar surface area (TPSA) is 71.1 Å². The van der Waals surface area contributed by atoms with Crippen LogP contribution in [0.15, 0.2) is 78.9 Å². The number of allylic oxidation sites excluding steroid dienone is 2. The summed E-state index contributed by atoms with van der Waals surface area (Å²) in [5.74, 6) is 0.613. The fourth-order valence-electron chi connectivity index (χ4n) is 2.76. The molecule has 0 amide bonds. The zero-order chi connectivity index (χ0) is 24.9. The molecule has 180 valence electrons. The van der Waals surface area contributed by atoms with E-state index in [0.717, 1.165) is 28.9 Å². The summed E-state index contributed by atoms with van der Waals surface area (Å²) < 4.78 is 21.2. The van der Waals surface area contributed by atoms with Crippen LogP contribution >= 0.6 is 0 Å². The van der Waals surface area contributed by atoms with Crippen molar-refractivity contribution >= 4 is 17.5 Å². The lowest BCUT2D eigenvalue weighted by atomic mass is 10.0. The Kier molecular flexibility index (Phi) is 10.6. The molecule has 34 heavy (non-hydrogen) atoms. The third-order valence-corrected chi connectivity index (χ3v) is 4.74. The van der Waals surface area contributed by atoms with Crippen molar-refractivity contribution in [1.29, 1.82) is 0 Å². The van der Waals surface area contributed by atoms with E-state index in [1.54, 1.807) is 13.8 Å². The second-order valence-corrected chi connectivity index (χ2v) is 7.79. The second kappa shape index (κ2) is 13.7. The van der Waals surface area contributed by atoms with Gasteiger partial charge in [0.1, 0.15) is 37.9 Å². The molecule has 0 saturated carbocycles. The lowest BCUT2D eigenvalue weighted by molar-refractivity contribution is -0.140. The molecule has 2 aromatic rings. The third-order valence-electron chi connectivity index (χ3n) is 4.74. The average Bonchev–Trinajstić information content (AvgIpc) is 2.83. The highest BCUT2D eigenvalue weighted by molar-refractivity contribution is 5.87. The van der Waals surface area contributed by atoms with E-state index in [-0.39, 0.29) is 26.4 Å². The summed E-state index contributed by atoms with van der Waals surface area (Å²) in [7, 11) is 0. The molecule has 0 spiro atoms. The van der Waals surface area contributed by atoms with Crippen LogP contribution in [0.4, 0.5) is 0 Å². The van der Waals surface area contributed by atoms with Crippen LogP contribution in [0.3, 0.4) is 0 Å². The minimum Gasteiger partial charge on any atom is -0.490 e. The Morgan fingerprint density at radius 1 is 0.706 bits per heavy atom. The molecule has 2 rings (SSSR count). The molecule has 0 aromatic heterocycles. The van der Waals surface area contributed by atoms with Gasteiger partial charge in [-0.15, -0.1) is 0 Å². The minimum atomic E-state index is -0.413. The molecule has 6 heteroatoms. The van der Waals surface area contributed by atoms with Crippen molar-refractivity contribution in [3.05, 3.63) is 90.0 Å². The Morgan fingerprint density at radius 2 is 1.15 bits per heavy atom. The molecule has 0 bridgehead atoms. The minimum absolute atomic E-state index is 0.179. The van der Waals surface area contributed by atoms with Gasteiger partial charge in [-0.1, -0.05) is 43.5 Å². The average molecular weight is 465 g/mol. The quantitative estimate of drug-likeness (QED) is 0.227. The van der Waals surface area contributed by atoms with E-state index < -0.39 is 11.9 Å². The third kappa shape index (κ3) is 9.36. The molecule has 0 aliphatic rings. The van der Waals surface area contributed by atoms with Gasteiger partial charge in [0.25, 0.3) is 0 Å². The zero-order valence-electron chi connectivity index (χ0n) is 20.1. The molecular formula is C28H32O6. The SMILES string of the molecule is C=C(C)C(=O)OCCOc1ccc(C/C=C(\C)c2ccc(OCCOC(=O)C(=C)C)cc2)cc1. The number of esters is 2. The highest BCUT2D eigenvalue weighted by atomic mass is 16.6. The fourth-order valence-corrected chi connectivity index (χ4v) is 2.76. The van der Waals surface area contributed by atoms with Gasteiger partial charge < -0.3 is 18.9 Å². The van der Waals surface area contributed by atoms with Gasteiger partial charge in [0, 0.05) is 11.1 Å². The van der Waals surface area contributed by atoms with Gasteiger partial charge in [0.2, 0.25) is 0 Å². The first kappa shape index (κ1) is 26.5. The van der Waals surface area contributed by atoms with Crippen molar-refractivity contribution in [2.24, 2.45) is 0 Å². The predicted octanol–water partition coefficient (Wildman–Crippen LogP) is 5.33. The summed E-state index contributed by atoms with van der Waals surface area (Å²) in [6.45, 7) is 13.3. The Labute approximate surface area is 201 Å². The number of carbonyl (C=O) groups excluding carboxylic acids is 2. The number of rotatable bonds is 13. The highest BCUT2D eigenvalue weighted by Crippen LogP contribution is 2.20. The van der Waals surface area contributed by atoms with E-state index in [0.29, 0.717) is 16.9 Å². The molecule has 0 N–H and O–H groups in total. The molecule has 0 saturated heterocycles. The van der Waals surface area contributed by atoms with Gasteiger partial charge in [-0.2, -0.15) is 0 Å². The molecular weight excluding hydrogens is 432 g/mol. The van der Waals surface area contributed by atoms with E-state index in [4.69, 9.17) is 18.9 Å². The normalized spacial score (nSPS) is 10.9. The first-order chi connectivity index (χ1) is 16.3. The highest BCUT2D eigenvalue weighted by Gasteiger charge is 2.04. The van der Waals surface area contributed by atoms with E-state index in [1.807, 2.05) is 48.5 Å². The first-order valence-electron chi connectivity index (χ1n) is 11.0. The molecule has 0 aliphatic carbocycles. The van der Waals surface area contributed by atoms with Crippen molar-refractivity contribution in [1.82, 2.24) is 0 Å². The van der Waals surface area contributed by atoms with Crippen LogP contribution in [-0.4, -0.2) is 38.4 Å². The Bertz CT molecular complexity index is 1020. The van der Waals surface area contributed by atoms with Crippen LogP contribution in [0, 0.1) is 0 Å². The summed E-state index contributed by atoms with van der Waals surface area (Å²) in [6.07, 6.45) is 2.95. The molecule has 0 heterocycles. The summed E-state index contributed by atoms with van der Waals surface area (Å²) in [4.78, 5) is 22.7. The number of benzene rings is 2. The van der Waals surface area contributed by atoms with Crippen LogP contribution in [0.2, 0.25) is 0 Å². The van der Waals surface area contributed by atoms with Crippen LogP contribution in [0.1, 0.15) is 31.9 Å². The summed E-state index contributed by atoms with van der Waals surface area (Å²) in [6, 6.07) is 15.6. The maximum Gasteiger partial charge on any atom is 0.333 e. The Hall–Kier alpha value is -3.80. The van der Waals surface area contributed by atoms with E-state index in [2.05, 4.69) is 26.2 Å². The number of carbonyl (C=O) groups is 2. The summed E-state index contributed by atoms with van der Waals surface area (Å²) in [5.41, 5.74) is 4.15. The van der Waals surface area contributed by atoms with Gasteiger partial charge in [0.05, 0.1) is 0 Å². The van der Waals surface area contributed by atoms with Gasteiger partial charge in [0.15, 0.2) is 0 Å². The molecule has 0 unspecified atom stereocenters. The van der Waals surface area contributed by atoms with Gasteiger partial charge in [-0.05, 0) is 68.2 Å². The number of hydrogen-bond acceptors (Lipinski definition) is 6. The Morgan fingerprint density at radius 3 is 1.59 bits per heavy atom. The molecule has 0 atom stereocenters. The fraction of sp³-hybridized carbons (Fsp3) is 0.286. The summed E-state index contributed by atoms with van der Waals surface area (Å²) in [5, 5.41) is 0. The molecule has 6 nitrogen and oxygen atoms in total. The zero-order valence-corrected chi connectivity index (χ0v) is 20.1. The van der Waals surface area contributed by atoms with Crippen molar-refractivity contribution in [3.8, 4) is 11.5 Å².